The summed E-state index contributed by atoms with van der Waals surface area (Å²) in [6.07, 6.45) is 2.02. The van der Waals surface area contributed by atoms with Crippen molar-refractivity contribution in [1.82, 2.24) is 9.97 Å². The number of carbonyl (C=O) groups is 1. The maximum atomic E-state index is 12.1. The monoisotopic (exact) mass is 391 g/mol. The van der Waals surface area contributed by atoms with Gasteiger partial charge in [-0.1, -0.05) is 11.6 Å². The Morgan fingerprint density at radius 3 is 2.30 bits per heavy atom. The molecule has 1 aromatic heterocycles. The number of rotatable bonds is 7. The van der Waals surface area contributed by atoms with Gasteiger partial charge in [-0.3, -0.25) is 0 Å². The number of methoxy groups -OCH3 is 3. The summed E-state index contributed by atoms with van der Waals surface area (Å²) in [5.41, 5.74) is 1.05. The Hall–Kier alpha value is -2.54. The molecule has 144 valence electrons. The molecule has 0 N–H and O–H groups in total. The van der Waals surface area contributed by atoms with Crippen molar-refractivity contribution in [3.05, 3.63) is 40.3 Å². The Balaban J connectivity index is 1.95. The van der Waals surface area contributed by atoms with Crippen molar-refractivity contribution in [3.63, 3.8) is 0 Å². The lowest BCUT2D eigenvalue weighted by atomic mass is 10.2. The number of ether oxygens (including phenoxy) is 3. The number of aromatic nitrogens is 2. The molecule has 2 aromatic rings. The van der Waals surface area contributed by atoms with Crippen LogP contribution in [0.4, 0.5) is 5.82 Å². The Bertz CT molecular complexity index is 833. The van der Waals surface area contributed by atoms with Crippen LogP contribution in [0, 0.1) is 0 Å². The van der Waals surface area contributed by atoms with Crippen molar-refractivity contribution >= 4 is 23.4 Å². The highest BCUT2D eigenvalue weighted by Gasteiger charge is 2.31. The minimum absolute atomic E-state index is 0.0983. The van der Waals surface area contributed by atoms with E-state index < -0.39 is 5.97 Å². The maximum Gasteiger partial charge on any atom is 0.358 e. The SMILES string of the molecule is COC(=O)c1nc(C2CC2)nc(N(C)Cc2cc(OC)cc(OC)c2)c1Cl. The summed E-state index contributed by atoms with van der Waals surface area (Å²) in [4.78, 5) is 22.9. The third kappa shape index (κ3) is 4.24. The quantitative estimate of drug-likeness (QED) is 0.669. The van der Waals surface area contributed by atoms with Crippen LogP contribution >= 0.6 is 11.6 Å². The smallest absolute Gasteiger partial charge is 0.358 e. The summed E-state index contributed by atoms with van der Waals surface area (Å²) in [5.74, 6) is 2.22. The molecule has 1 aliphatic carbocycles. The average molecular weight is 392 g/mol. The molecule has 1 saturated carbocycles. The lowest BCUT2D eigenvalue weighted by Gasteiger charge is -2.21. The molecule has 1 fully saturated rings. The first kappa shape index (κ1) is 19.2. The van der Waals surface area contributed by atoms with Gasteiger partial charge in [-0.05, 0) is 30.5 Å². The number of nitrogens with zero attached hydrogens (tertiary/aromatic N) is 3. The van der Waals surface area contributed by atoms with Crippen LogP contribution in [0.15, 0.2) is 18.2 Å². The van der Waals surface area contributed by atoms with Crippen LogP contribution < -0.4 is 14.4 Å². The van der Waals surface area contributed by atoms with Crippen LogP contribution in [0.5, 0.6) is 11.5 Å². The summed E-state index contributed by atoms with van der Waals surface area (Å²) in [7, 11) is 6.38. The number of benzene rings is 1. The number of esters is 1. The van der Waals surface area contributed by atoms with Gasteiger partial charge < -0.3 is 19.1 Å². The van der Waals surface area contributed by atoms with Gasteiger partial charge in [-0.25, -0.2) is 14.8 Å². The van der Waals surface area contributed by atoms with Crippen LogP contribution in [0.3, 0.4) is 0 Å². The van der Waals surface area contributed by atoms with Gasteiger partial charge in [-0.15, -0.1) is 0 Å². The minimum Gasteiger partial charge on any atom is -0.497 e. The van der Waals surface area contributed by atoms with Crippen LogP contribution in [0.25, 0.3) is 0 Å². The van der Waals surface area contributed by atoms with Gasteiger partial charge in [0.25, 0.3) is 0 Å². The van der Waals surface area contributed by atoms with Crippen LogP contribution in [0.1, 0.15) is 40.6 Å². The number of hydrogen-bond donors (Lipinski definition) is 0. The van der Waals surface area contributed by atoms with Gasteiger partial charge in [0.05, 0.1) is 21.3 Å². The Morgan fingerprint density at radius 1 is 1.15 bits per heavy atom. The molecule has 8 heteroatoms. The maximum absolute atomic E-state index is 12.1. The summed E-state index contributed by atoms with van der Waals surface area (Å²) >= 11 is 6.44. The molecular weight excluding hydrogens is 370 g/mol. The second-order valence-electron chi connectivity index (χ2n) is 6.41. The Morgan fingerprint density at radius 2 is 1.78 bits per heavy atom. The first-order valence-electron chi connectivity index (χ1n) is 8.55. The molecule has 0 bridgehead atoms. The Labute approximate surface area is 163 Å². The highest BCUT2D eigenvalue weighted by molar-refractivity contribution is 6.35. The zero-order valence-corrected chi connectivity index (χ0v) is 16.5. The third-order valence-electron chi connectivity index (χ3n) is 4.36. The van der Waals surface area contributed by atoms with E-state index in [1.54, 1.807) is 14.2 Å². The van der Waals surface area contributed by atoms with Crippen molar-refractivity contribution in [3.8, 4) is 11.5 Å². The Kier molecular flexibility index (Phi) is 5.70. The second kappa shape index (κ2) is 8.00. The first-order chi connectivity index (χ1) is 13.0. The topological polar surface area (TPSA) is 73.8 Å². The normalized spacial score (nSPS) is 13.2. The van der Waals surface area contributed by atoms with Gasteiger partial charge in [0.1, 0.15) is 22.3 Å². The van der Waals surface area contributed by atoms with Crippen molar-refractivity contribution in [2.45, 2.75) is 25.3 Å². The lowest BCUT2D eigenvalue weighted by Crippen LogP contribution is -2.21. The van der Waals surface area contributed by atoms with E-state index in [-0.39, 0.29) is 16.6 Å². The fourth-order valence-electron chi connectivity index (χ4n) is 2.77. The van der Waals surface area contributed by atoms with Crippen molar-refractivity contribution < 1.29 is 19.0 Å². The standard InChI is InChI=1S/C19H22ClN3O4/c1-23(10-11-7-13(25-2)9-14(8-11)26-3)18-15(20)16(19(24)27-4)21-17(22-18)12-5-6-12/h7-9,12H,5-6,10H2,1-4H3. The number of anilines is 1. The first-order valence-corrected chi connectivity index (χ1v) is 8.93. The summed E-state index contributed by atoms with van der Waals surface area (Å²) in [5, 5.41) is 0.184. The lowest BCUT2D eigenvalue weighted by molar-refractivity contribution is 0.0593. The summed E-state index contributed by atoms with van der Waals surface area (Å²) in [6, 6.07) is 5.63. The molecule has 0 aliphatic heterocycles. The fourth-order valence-corrected chi connectivity index (χ4v) is 3.07. The predicted octanol–water partition coefficient (Wildman–Crippen LogP) is 3.45. The van der Waals surface area contributed by atoms with Crippen LogP contribution in [-0.4, -0.2) is 44.3 Å². The molecule has 0 amide bonds. The van der Waals surface area contributed by atoms with E-state index in [1.807, 2.05) is 30.1 Å². The van der Waals surface area contributed by atoms with Crippen LogP contribution in [-0.2, 0) is 11.3 Å². The highest BCUT2D eigenvalue weighted by atomic mass is 35.5. The largest absolute Gasteiger partial charge is 0.497 e. The van der Waals surface area contributed by atoms with E-state index in [1.165, 1.54) is 7.11 Å². The number of halogens is 1. The van der Waals surface area contributed by atoms with E-state index in [0.717, 1.165) is 18.4 Å². The van der Waals surface area contributed by atoms with Gasteiger partial charge in [0.15, 0.2) is 11.5 Å². The van der Waals surface area contributed by atoms with Gasteiger partial charge in [0, 0.05) is 25.6 Å². The predicted molar refractivity (Wildman–Crippen MR) is 102 cm³/mol. The van der Waals surface area contributed by atoms with Crippen molar-refractivity contribution in [1.29, 1.82) is 0 Å². The van der Waals surface area contributed by atoms with Crippen molar-refractivity contribution in [2.24, 2.45) is 0 Å². The molecule has 0 spiro atoms. The molecular formula is C19H22ClN3O4. The van der Waals surface area contributed by atoms with Gasteiger partial charge >= 0.3 is 5.97 Å². The van der Waals surface area contributed by atoms with E-state index in [0.29, 0.717) is 29.7 Å². The molecule has 7 nitrogen and oxygen atoms in total. The zero-order valence-electron chi connectivity index (χ0n) is 15.8. The summed E-state index contributed by atoms with van der Waals surface area (Å²) < 4.78 is 15.5. The molecule has 1 heterocycles. The third-order valence-corrected chi connectivity index (χ3v) is 4.71. The van der Waals surface area contributed by atoms with E-state index >= 15 is 0 Å². The zero-order chi connectivity index (χ0) is 19.6. The van der Waals surface area contributed by atoms with Gasteiger partial charge in [0.2, 0.25) is 0 Å². The number of hydrogen-bond acceptors (Lipinski definition) is 7. The molecule has 0 unspecified atom stereocenters. The molecule has 0 radical (unpaired) electrons. The van der Waals surface area contributed by atoms with Crippen LogP contribution in [0.2, 0.25) is 5.02 Å². The number of carbonyl (C=O) groups excluding carboxylic acids is 1. The highest BCUT2D eigenvalue weighted by Crippen LogP contribution is 2.40. The molecule has 1 aromatic carbocycles. The van der Waals surface area contributed by atoms with E-state index in [9.17, 15) is 4.79 Å². The summed E-state index contributed by atoms with van der Waals surface area (Å²) in [6.45, 7) is 0.495. The fraction of sp³-hybridized carbons (Fsp3) is 0.421. The van der Waals surface area contributed by atoms with E-state index in [2.05, 4.69) is 9.97 Å². The molecule has 0 saturated heterocycles. The second-order valence-corrected chi connectivity index (χ2v) is 6.79. The minimum atomic E-state index is -0.568. The van der Waals surface area contributed by atoms with Crippen molar-refractivity contribution in [2.75, 3.05) is 33.3 Å². The average Bonchev–Trinajstić information content (AvgIpc) is 3.52. The molecule has 3 rings (SSSR count). The molecule has 27 heavy (non-hydrogen) atoms. The molecule has 1 aliphatic rings. The molecule has 0 atom stereocenters. The van der Waals surface area contributed by atoms with E-state index in [4.69, 9.17) is 25.8 Å². The van der Waals surface area contributed by atoms with Gasteiger partial charge in [-0.2, -0.15) is 0 Å².